The monoisotopic (exact) mass is 524 g/mol. The lowest BCUT2D eigenvalue weighted by Gasteiger charge is -2.20. The molecule has 0 aliphatic carbocycles. The van der Waals surface area contributed by atoms with E-state index >= 15 is 0 Å². The third kappa shape index (κ3) is 5.23. The average Bonchev–Trinajstić information content (AvgIpc) is 3.30. The van der Waals surface area contributed by atoms with Gasteiger partial charge in [0.05, 0.1) is 35.1 Å². The molecule has 1 aromatic heterocycles. The third-order valence-corrected chi connectivity index (χ3v) is 6.79. The fourth-order valence-electron chi connectivity index (χ4n) is 3.61. The van der Waals surface area contributed by atoms with Crippen molar-refractivity contribution in [2.75, 3.05) is 11.9 Å². The van der Waals surface area contributed by atoms with Crippen molar-refractivity contribution in [2.24, 2.45) is 5.41 Å². The van der Waals surface area contributed by atoms with Crippen molar-refractivity contribution < 1.29 is 14.7 Å². The third-order valence-electron chi connectivity index (χ3n) is 6.02. The molecule has 0 aliphatic rings. The fraction of sp³-hybridized carbons (Fsp3) is 0.222. The normalized spacial score (nSPS) is 11.5. The first-order chi connectivity index (χ1) is 17.1. The molecule has 0 saturated carbocycles. The summed E-state index contributed by atoms with van der Waals surface area (Å²) in [7, 11) is 0. The summed E-state index contributed by atoms with van der Waals surface area (Å²) in [6.45, 7) is 5.07. The molecule has 36 heavy (non-hydrogen) atoms. The van der Waals surface area contributed by atoms with Crippen molar-refractivity contribution >= 4 is 51.6 Å². The quantitative estimate of drug-likeness (QED) is 0.296. The SMILES string of the molecule is Cc1ccc(-n2ncc3c(NC(=O)c4ccc(Cl)c(CNC(=O)C(C)(C)CO)c4)cccc32)cc1Cl. The highest BCUT2D eigenvalue weighted by molar-refractivity contribution is 6.31. The molecule has 1 heterocycles. The van der Waals surface area contributed by atoms with Gasteiger partial charge in [-0.25, -0.2) is 4.68 Å². The van der Waals surface area contributed by atoms with Gasteiger partial charge in [-0.05, 0) is 74.4 Å². The Kier molecular flexibility index (Phi) is 7.36. The minimum absolute atomic E-state index is 0.129. The molecule has 0 radical (unpaired) electrons. The summed E-state index contributed by atoms with van der Waals surface area (Å²) in [6, 6.07) is 16.2. The summed E-state index contributed by atoms with van der Waals surface area (Å²) < 4.78 is 1.77. The van der Waals surface area contributed by atoms with Crippen LogP contribution >= 0.6 is 23.2 Å². The lowest BCUT2D eigenvalue weighted by molar-refractivity contribution is -0.131. The first kappa shape index (κ1) is 25.7. The molecule has 0 saturated heterocycles. The second-order valence-electron chi connectivity index (χ2n) is 9.21. The second kappa shape index (κ2) is 10.3. The van der Waals surface area contributed by atoms with Gasteiger partial charge >= 0.3 is 0 Å². The molecule has 4 aromatic rings. The van der Waals surface area contributed by atoms with Gasteiger partial charge in [-0.15, -0.1) is 0 Å². The number of nitrogens with zero attached hydrogens (tertiary/aromatic N) is 2. The largest absolute Gasteiger partial charge is 0.395 e. The Hall–Kier alpha value is -3.39. The maximum Gasteiger partial charge on any atom is 0.255 e. The minimum Gasteiger partial charge on any atom is -0.395 e. The van der Waals surface area contributed by atoms with E-state index in [1.54, 1.807) is 42.9 Å². The summed E-state index contributed by atoms with van der Waals surface area (Å²) in [5, 5.41) is 21.4. The zero-order valence-corrected chi connectivity index (χ0v) is 21.6. The predicted octanol–water partition coefficient (Wildman–Crippen LogP) is 5.53. The minimum atomic E-state index is -0.922. The lowest BCUT2D eigenvalue weighted by atomic mass is 9.93. The molecule has 7 nitrogen and oxygen atoms in total. The summed E-state index contributed by atoms with van der Waals surface area (Å²) in [5.74, 6) is -0.636. The second-order valence-corrected chi connectivity index (χ2v) is 10.0. The van der Waals surface area contributed by atoms with Gasteiger partial charge in [-0.3, -0.25) is 9.59 Å². The van der Waals surface area contributed by atoms with Crippen LogP contribution in [-0.4, -0.2) is 33.3 Å². The smallest absolute Gasteiger partial charge is 0.255 e. The predicted molar refractivity (Wildman–Crippen MR) is 143 cm³/mol. The zero-order chi connectivity index (χ0) is 26.0. The topological polar surface area (TPSA) is 96.3 Å². The molecule has 2 amide bonds. The number of carbonyl (C=O) groups excluding carboxylic acids is 2. The maximum absolute atomic E-state index is 13.1. The van der Waals surface area contributed by atoms with Crippen LogP contribution in [0.15, 0.2) is 60.8 Å². The van der Waals surface area contributed by atoms with E-state index in [2.05, 4.69) is 15.7 Å². The molecule has 3 aromatic carbocycles. The van der Waals surface area contributed by atoms with E-state index in [-0.39, 0.29) is 25.0 Å². The van der Waals surface area contributed by atoms with Crippen LogP contribution in [0.4, 0.5) is 5.69 Å². The Balaban J connectivity index is 1.56. The van der Waals surface area contributed by atoms with E-state index in [1.165, 1.54) is 0 Å². The van der Waals surface area contributed by atoms with Crippen LogP contribution in [0.3, 0.4) is 0 Å². The maximum atomic E-state index is 13.1. The molecular formula is C27H26Cl2N4O3. The Morgan fingerprint density at radius 1 is 1.06 bits per heavy atom. The molecule has 0 aliphatic heterocycles. The molecular weight excluding hydrogens is 499 g/mol. The van der Waals surface area contributed by atoms with Crippen molar-refractivity contribution in [1.29, 1.82) is 0 Å². The molecule has 9 heteroatoms. The van der Waals surface area contributed by atoms with Crippen molar-refractivity contribution in [3.63, 3.8) is 0 Å². The Labute approximate surface area is 219 Å². The Morgan fingerprint density at radius 2 is 1.83 bits per heavy atom. The standard InChI is InChI=1S/C27H26Cl2N4O3/c1-16-7-9-19(12-22(16)29)33-24-6-4-5-23(20(24)14-31-33)32-25(35)17-8-10-21(28)18(11-17)13-30-26(36)27(2,3)15-34/h4-12,14,34H,13,15H2,1-3H3,(H,30,36)(H,32,35). The average molecular weight is 525 g/mol. The van der Waals surface area contributed by atoms with Crippen LogP contribution in [0.25, 0.3) is 16.6 Å². The fourth-order valence-corrected chi connectivity index (χ4v) is 3.97. The molecule has 0 atom stereocenters. The number of nitrogens with one attached hydrogen (secondary N) is 2. The number of benzene rings is 3. The highest BCUT2D eigenvalue weighted by atomic mass is 35.5. The number of anilines is 1. The van der Waals surface area contributed by atoms with Crippen LogP contribution in [0.1, 0.15) is 35.3 Å². The molecule has 0 unspecified atom stereocenters. The van der Waals surface area contributed by atoms with Gasteiger partial charge in [0.1, 0.15) is 0 Å². The molecule has 0 bridgehead atoms. The zero-order valence-electron chi connectivity index (χ0n) is 20.1. The highest BCUT2D eigenvalue weighted by Gasteiger charge is 2.26. The number of aromatic nitrogens is 2. The number of fused-ring (bicyclic) bond motifs is 1. The molecule has 0 fully saturated rings. The lowest BCUT2D eigenvalue weighted by Crippen LogP contribution is -2.38. The number of aliphatic hydroxyl groups is 1. The van der Waals surface area contributed by atoms with Gasteiger partial charge in [0, 0.05) is 27.5 Å². The highest BCUT2D eigenvalue weighted by Crippen LogP contribution is 2.28. The first-order valence-corrected chi connectivity index (χ1v) is 12.1. The summed E-state index contributed by atoms with van der Waals surface area (Å²) >= 11 is 12.6. The van der Waals surface area contributed by atoms with Crippen LogP contribution in [0, 0.1) is 12.3 Å². The van der Waals surface area contributed by atoms with Crippen molar-refractivity contribution in [2.45, 2.75) is 27.3 Å². The Morgan fingerprint density at radius 3 is 2.56 bits per heavy atom. The number of aryl methyl sites for hydroxylation is 1. The van der Waals surface area contributed by atoms with Crippen LogP contribution < -0.4 is 10.6 Å². The van der Waals surface area contributed by atoms with E-state index in [9.17, 15) is 14.7 Å². The van der Waals surface area contributed by atoms with E-state index in [4.69, 9.17) is 23.2 Å². The summed E-state index contributed by atoms with van der Waals surface area (Å²) in [5.41, 5.74) is 3.28. The van der Waals surface area contributed by atoms with E-state index in [0.717, 1.165) is 22.2 Å². The van der Waals surface area contributed by atoms with Gasteiger partial charge in [-0.1, -0.05) is 35.3 Å². The van der Waals surface area contributed by atoms with E-state index < -0.39 is 5.41 Å². The number of carbonyl (C=O) groups is 2. The van der Waals surface area contributed by atoms with Crippen LogP contribution in [0.5, 0.6) is 0 Å². The van der Waals surface area contributed by atoms with Crippen molar-refractivity contribution in [3.05, 3.63) is 87.5 Å². The number of aliphatic hydroxyl groups excluding tert-OH is 1. The number of hydrogen-bond donors (Lipinski definition) is 3. The van der Waals surface area contributed by atoms with Gasteiger partial charge in [0.15, 0.2) is 0 Å². The number of rotatable bonds is 7. The van der Waals surface area contributed by atoms with Gasteiger partial charge in [0.25, 0.3) is 5.91 Å². The first-order valence-electron chi connectivity index (χ1n) is 11.3. The van der Waals surface area contributed by atoms with E-state index in [1.807, 2.05) is 43.3 Å². The summed E-state index contributed by atoms with van der Waals surface area (Å²) in [4.78, 5) is 25.4. The molecule has 3 N–H and O–H groups in total. The number of hydrogen-bond acceptors (Lipinski definition) is 4. The Bertz CT molecular complexity index is 1460. The van der Waals surface area contributed by atoms with Gasteiger partial charge in [-0.2, -0.15) is 5.10 Å². The number of halogens is 2. The van der Waals surface area contributed by atoms with Crippen molar-refractivity contribution in [1.82, 2.24) is 15.1 Å². The molecule has 186 valence electrons. The van der Waals surface area contributed by atoms with Crippen LogP contribution in [-0.2, 0) is 11.3 Å². The molecule has 4 rings (SSSR count). The van der Waals surface area contributed by atoms with Gasteiger partial charge in [0.2, 0.25) is 5.91 Å². The van der Waals surface area contributed by atoms with Crippen molar-refractivity contribution in [3.8, 4) is 5.69 Å². The summed E-state index contributed by atoms with van der Waals surface area (Å²) in [6.07, 6.45) is 1.70. The van der Waals surface area contributed by atoms with Crippen LogP contribution in [0.2, 0.25) is 10.0 Å². The number of amides is 2. The molecule has 0 spiro atoms. The van der Waals surface area contributed by atoms with Gasteiger partial charge < -0.3 is 15.7 Å². The van der Waals surface area contributed by atoms with E-state index in [0.29, 0.717) is 26.9 Å².